The number of methoxy groups -OCH3 is 2. The number of hydrogen-bond donors (Lipinski definition) is 1. The van der Waals surface area contributed by atoms with Crippen molar-refractivity contribution < 1.29 is 14.6 Å². The first kappa shape index (κ1) is 15.0. The third-order valence-electron chi connectivity index (χ3n) is 3.99. The molecule has 0 aromatic carbocycles. The number of piperidine rings is 1. The van der Waals surface area contributed by atoms with Crippen molar-refractivity contribution in [3.63, 3.8) is 0 Å². The minimum absolute atomic E-state index is 0.105. The molecule has 6 heteroatoms. The van der Waals surface area contributed by atoms with Gasteiger partial charge in [-0.3, -0.25) is 0 Å². The van der Waals surface area contributed by atoms with Crippen molar-refractivity contribution in [1.82, 2.24) is 9.97 Å². The van der Waals surface area contributed by atoms with Gasteiger partial charge in [0.25, 0.3) is 0 Å². The van der Waals surface area contributed by atoms with Gasteiger partial charge in [-0.25, -0.2) is 9.97 Å². The zero-order valence-corrected chi connectivity index (χ0v) is 12.2. The zero-order chi connectivity index (χ0) is 14.4. The summed E-state index contributed by atoms with van der Waals surface area (Å²) in [5.74, 6) is 1.42. The Kier molecular flexibility index (Phi) is 5.14. The average Bonchev–Trinajstić information content (AvgIpc) is 2.53. The highest BCUT2D eigenvalue weighted by Gasteiger charge is 2.35. The Morgan fingerprint density at radius 1 is 1.40 bits per heavy atom. The molecule has 0 unspecified atom stereocenters. The predicted octanol–water partition coefficient (Wildman–Crippen LogP) is 1.10. The van der Waals surface area contributed by atoms with E-state index in [-0.39, 0.29) is 12.0 Å². The van der Waals surface area contributed by atoms with Crippen LogP contribution in [0.5, 0.6) is 5.88 Å². The number of ether oxygens (including phenoxy) is 2. The van der Waals surface area contributed by atoms with E-state index < -0.39 is 0 Å². The molecule has 1 aromatic heterocycles. The number of anilines is 1. The van der Waals surface area contributed by atoms with Crippen molar-refractivity contribution in [2.24, 2.45) is 5.41 Å². The molecule has 1 aliphatic heterocycles. The molecule has 0 saturated carbocycles. The number of aromatic nitrogens is 2. The highest BCUT2D eigenvalue weighted by atomic mass is 16.5. The standard InChI is InChI=1S/C14H23N3O3/c1-19-7-5-14(10-18)4-3-6-17(9-14)12-8-13(20-2)16-11-15-12/h8,11,18H,3-7,9-10H2,1-2H3/t14-/m1/s1. The van der Waals surface area contributed by atoms with Crippen molar-refractivity contribution in [3.05, 3.63) is 12.4 Å². The van der Waals surface area contributed by atoms with E-state index in [9.17, 15) is 5.11 Å². The molecule has 0 amide bonds. The molecule has 2 rings (SSSR count). The van der Waals surface area contributed by atoms with Crippen molar-refractivity contribution in [2.45, 2.75) is 19.3 Å². The van der Waals surface area contributed by atoms with E-state index in [1.165, 1.54) is 6.33 Å². The zero-order valence-electron chi connectivity index (χ0n) is 12.2. The van der Waals surface area contributed by atoms with E-state index >= 15 is 0 Å². The molecule has 1 atom stereocenters. The molecule has 0 bridgehead atoms. The van der Waals surface area contributed by atoms with E-state index in [0.717, 1.165) is 38.2 Å². The molecular formula is C14H23N3O3. The van der Waals surface area contributed by atoms with Crippen LogP contribution in [0, 0.1) is 5.41 Å². The lowest BCUT2D eigenvalue weighted by Crippen LogP contribution is -2.46. The summed E-state index contributed by atoms with van der Waals surface area (Å²) in [5.41, 5.74) is -0.105. The van der Waals surface area contributed by atoms with Crippen LogP contribution in [0.2, 0.25) is 0 Å². The van der Waals surface area contributed by atoms with Gasteiger partial charge < -0.3 is 19.5 Å². The summed E-state index contributed by atoms with van der Waals surface area (Å²) in [5, 5.41) is 9.79. The van der Waals surface area contributed by atoms with Crippen molar-refractivity contribution in [1.29, 1.82) is 0 Å². The van der Waals surface area contributed by atoms with Gasteiger partial charge in [0, 0.05) is 38.3 Å². The van der Waals surface area contributed by atoms with E-state index in [1.807, 2.05) is 6.07 Å². The molecule has 2 heterocycles. The Morgan fingerprint density at radius 2 is 2.25 bits per heavy atom. The normalized spacial score (nSPS) is 22.9. The first-order valence-electron chi connectivity index (χ1n) is 6.94. The fourth-order valence-corrected chi connectivity index (χ4v) is 2.75. The summed E-state index contributed by atoms with van der Waals surface area (Å²) in [6.45, 7) is 2.57. The Bertz CT molecular complexity index is 430. The van der Waals surface area contributed by atoms with Crippen LogP contribution in [0.3, 0.4) is 0 Å². The first-order valence-corrected chi connectivity index (χ1v) is 6.94. The highest BCUT2D eigenvalue weighted by Crippen LogP contribution is 2.35. The van der Waals surface area contributed by atoms with Crippen LogP contribution < -0.4 is 9.64 Å². The number of nitrogens with zero attached hydrogens (tertiary/aromatic N) is 3. The molecule has 1 aliphatic rings. The van der Waals surface area contributed by atoms with Crippen molar-refractivity contribution in [3.8, 4) is 5.88 Å². The van der Waals surface area contributed by atoms with Crippen molar-refractivity contribution >= 4 is 5.82 Å². The predicted molar refractivity (Wildman–Crippen MR) is 76.0 cm³/mol. The summed E-state index contributed by atoms with van der Waals surface area (Å²) < 4.78 is 10.3. The largest absolute Gasteiger partial charge is 0.481 e. The summed E-state index contributed by atoms with van der Waals surface area (Å²) in [7, 11) is 3.29. The number of aliphatic hydroxyl groups excluding tert-OH is 1. The second-order valence-corrected chi connectivity index (χ2v) is 5.34. The third-order valence-corrected chi connectivity index (χ3v) is 3.99. The summed E-state index contributed by atoms with van der Waals surface area (Å²) in [6, 6.07) is 1.84. The maximum Gasteiger partial charge on any atom is 0.218 e. The quantitative estimate of drug-likeness (QED) is 0.842. The van der Waals surface area contributed by atoms with E-state index in [1.54, 1.807) is 14.2 Å². The molecule has 1 N–H and O–H groups in total. The second-order valence-electron chi connectivity index (χ2n) is 5.34. The second kappa shape index (κ2) is 6.85. The van der Waals surface area contributed by atoms with E-state index in [0.29, 0.717) is 12.5 Å². The van der Waals surface area contributed by atoms with Crippen LogP contribution in [0.25, 0.3) is 0 Å². The highest BCUT2D eigenvalue weighted by molar-refractivity contribution is 5.41. The van der Waals surface area contributed by atoms with Gasteiger partial charge in [-0.15, -0.1) is 0 Å². The van der Waals surface area contributed by atoms with Gasteiger partial charge in [-0.2, -0.15) is 0 Å². The molecule has 1 aromatic rings. The van der Waals surface area contributed by atoms with Gasteiger partial charge in [0.15, 0.2) is 0 Å². The molecular weight excluding hydrogens is 258 g/mol. The van der Waals surface area contributed by atoms with Crippen LogP contribution in [0.1, 0.15) is 19.3 Å². The Hall–Kier alpha value is -1.40. The minimum Gasteiger partial charge on any atom is -0.481 e. The Balaban J connectivity index is 2.12. The first-order chi connectivity index (χ1) is 9.73. The minimum atomic E-state index is -0.105. The molecule has 112 valence electrons. The fraction of sp³-hybridized carbons (Fsp3) is 0.714. The van der Waals surface area contributed by atoms with E-state index in [2.05, 4.69) is 14.9 Å². The monoisotopic (exact) mass is 281 g/mol. The van der Waals surface area contributed by atoms with Crippen LogP contribution in [0.4, 0.5) is 5.82 Å². The molecule has 1 saturated heterocycles. The smallest absolute Gasteiger partial charge is 0.218 e. The topological polar surface area (TPSA) is 67.7 Å². The third kappa shape index (κ3) is 3.37. The molecule has 6 nitrogen and oxygen atoms in total. The summed E-state index contributed by atoms with van der Waals surface area (Å²) in [6.07, 6.45) is 4.43. The van der Waals surface area contributed by atoms with Crippen LogP contribution in [0.15, 0.2) is 12.4 Å². The number of hydrogen-bond acceptors (Lipinski definition) is 6. The average molecular weight is 281 g/mol. The lowest BCUT2D eigenvalue weighted by Gasteiger charge is -2.42. The maximum atomic E-state index is 9.79. The Morgan fingerprint density at radius 3 is 2.95 bits per heavy atom. The van der Waals surface area contributed by atoms with E-state index in [4.69, 9.17) is 9.47 Å². The lowest BCUT2D eigenvalue weighted by molar-refractivity contribution is 0.0624. The molecule has 0 aliphatic carbocycles. The number of aliphatic hydroxyl groups is 1. The number of rotatable bonds is 6. The van der Waals surface area contributed by atoms with Crippen LogP contribution in [-0.4, -0.2) is 55.6 Å². The fourth-order valence-electron chi connectivity index (χ4n) is 2.75. The van der Waals surface area contributed by atoms with Gasteiger partial charge in [-0.05, 0) is 19.3 Å². The summed E-state index contributed by atoms with van der Waals surface area (Å²) in [4.78, 5) is 10.5. The molecule has 1 fully saturated rings. The lowest BCUT2D eigenvalue weighted by atomic mass is 9.78. The Labute approximate surface area is 119 Å². The van der Waals surface area contributed by atoms with Gasteiger partial charge in [0.05, 0.1) is 13.7 Å². The molecule has 20 heavy (non-hydrogen) atoms. The molecule has 0 radical (unpaired) electrons. The van der Waals surface area contributed by atoms with Crippen LogP contribution >= 0.6 is 0 Å². The van der Waals surface area contributed by atoms with Gasteiger partial charge >= 0.3 is 0 Å². The van der Waals surface area contributed by atoms with Gasteiger partial charge in [0.2, 0.25) is 5.88 Å². The SMILES string of the molecule is COCC[C@]1(CO)CCCN(c2cc(OC)ncn2)C1. The molecule has 0 spiro atoms. The summed E-state index contributed by atoms with van der Waals surface area (Å²) >= 11 is 0. The van der Waals surface area contributed by atoms with Crippen molar-refractivity contribution in [2.75, 3.05) is 45.4 Å². The van der Waals surface area contributed by atoms with Crippen LogP contribution in [-0.2, 0) is 4.74 Å². The van der Waals surface area contributed by atoms with Gasteiger partial charge in [0.1, 0.15) is 12.1 Å². The maximum absolute atomic E-state index is 9.79. The van der Waals surface area contributed by atoms with Gasteiger partial charge in [-0.1, -0.05) is 0 Å².